The quantitative estimate of drug-likeness (QED) is 0.346. The van der Waals surface area contributed by atoms with Gasteiger partial charge in [-0.3, -0.25) is 4.79 Å². The normalized spacial score (nSPS) is 11.9. The topological polar surface area (TPSA) is 100 Å². The number of carbonyl (C=O) groups excluding carboxylic acids is 1. The van der Waals surface area contributed by atoms with Crippen LogP contribution in [0.1, 0.15) is 39.7 Å². The fourth-order valence-electron chi connectivity index (χ4n) is 2.90. The number of rotatable bonds is 6. The van der Waals surface area contributed by atoms with Crippen molar-refractivity contribution in [2.24, 2.45) is 0 Å². The lowest BCUT2D eigenvalue weighted by Crippen LogP contribution is -2.13. The van der Waals surface area contributed by atoms with Crippen molar-refractivity contribution in [2.75, 3.05) is 10.6 Å². The molecular weight excluding hydrogens is 449 g/mol. The summed E-state index contributed by atoms with van der Waals surface area (Å²) in [6.45, 7) is 5.35. The molecule has 0 fully saturated rings. The summed E-state index contributed by atoms with van der Waals surface area (Å²) in [6.07, 6.45) is 0.798. The van der Waals surface area contributed by atoms with Gasteiger partial charge in [0, 0.05) is 11.6 Å². The van der Waals surface area contributed by atoms with Gasteiger partial charge in [0.25, 0.3) is 5.91 Å². The molecule has 0 radical (unpaired) electrons. The Morgan fingerprint density at radius 2 is 2.00 bits per heavy atom. The van der Waals surface area contributed by atoms with Gasteiger partial charge in [-0.1, -0.05) is 6.07 Å². The Hall–Kier alpha value is -3.21. The number of thiazole rings is 2. The average molecular weight is 470 g/mol. The van der Waals surface area contributed by atoms with E-state index in [4.69, 9.17) is 0 Å². The van der Waals surface area contributed by atoms with E-state index in [1.807, 2.05) is 12.3 Å². The molecule has 0 spiro atoms. The van der Waals surface area contributed by atoms with Crippen LogP contribution in [0.3, 0.4) is 0 Å². The second-order valence-electron chi connectivity index (χ2n) is 7.18. The number of pyridine rings is 1. The van der Waals surface area contributed by atoms with Crippen LogP contribution in [-0.4, -0.2) is 26.0 Å². The highest BCUT2D eigenvalue weighted by molar-refractivity contribution is 7.17. The zero-order chi connectivity index (χ0) is 22.8. The van der Waals surface area contributed by atoms with E-state index in [1.165, 1.54) is 41.0 Å². The third-order valence-corrected chi connectivity index (χ3v) is 6.65. The number of hydrogen-bond donors (Lipinski definition) is 3. The molecule has 164 valence electrons. The van der Waals surface area contributed by atoms with Gasteiger partial charge in [-0.15, -0.1) is 22.7 Å². The Bertz CT molecular complexity index is 1270. The number of benzene rings is 1. The van der Waals surface area contributed by atoms with Crippen LogP contribution < -0.4 is 10.6 Å². The Balaban J connectivity index is 1.43. The lowest BCUT2D eigenvalue weighted by atomic mass is 10.2. The summed E-state index contributed by atoms with van der Waals surface area (Å²) < 4.78 is 14.0. The smallest absolute Gasteiger partial charge is 0.257 e. The van der Waals surface area contributed by atoms with Crippen molar-refractivity contribution in [3.63, 3.8) is 0 Å². The average Bonchev–Trinajstić information content (AvgIpc) is 3.37. The molecule has 4 rings (SSSR count). The number of carbonyl (C=O) groups is 1. The first-order valence-corrected chi connectivity index (χ1v) is 11.4. The Morgan fingerprint density at radius 3 is 2.66 bits per heavy atom. The summed E-state index contributed by atoms with van der Waals surface area (Å²) in [5, 5.41) is 18.6. The van der Waals surface area contributed by atoms with Gasteiger partial charge in [0.2, 0.25) is 0 Å². The zero-order valence-electron chi connectivity index (χ0n) is 17.5. The van der Waals surface area contributed by atoms with E-state index in [-0.39, 0.29) is 5.69 Å². The molecule has 1 atom stereocenters. The largest absolute Gasteiger partial charge is 0.386 e. The Kier molecular flexibility index (Phi) is 6.26. The van der Waals surface area contributed by atoms with Crippen molar-refractivity contribution in [2.45, 2.75) is 26.9 Å². The minimum Gasteiger partial charge on any atom is -0.386 e. The maximum Gasteiger partial charge on any atom is 0.257 e. The molecule has 1 amide bonds. The van der Waals surface area contributed by atoms with Crippen LogP contribution in [0.2, 0.25) is 0 Å². The van der Waals surface area contributed by atoms with Crippen molar-refractivity contribution in [3.8, 4) is 10.6 Å². The summed E-state index contributed by atoms with van der Waals surface area (Å²) in [4.78, 5) is 26.5. The van der Waals surface area contributed by atoms with Crippen LogP contribution in [0.15, 0.2) is 41.9 Å². The molecule has 1 aromatic carbocycles. The number of halogens is 1. The molecule has 0 aliphatic rings. The highest BCUT2D eigenvalue weighted by Crippen LogP contribution is 2.34. The standard InChI is InChI=1S/C22H20FN5O2S2/c1-11-4-6-16(15(23)8-11)26-20(30)14-5-7-18(24-9-14)28-22-27-17(10-31-22)19-12(2)25-21(32-19)13(3)29/h4-10,13,29H,1-3H3,(H,26,30)(H,24,27,28)/t13-/m0/s1. The number of amides is 1. The molecule has 4 aromatic rings. The number of aryl methyl sites for hydroxylation is 2. The molecule has 3 N–H and O–H groups in total. The predicted octanol–water partition coefficient (Wildman–Crippen LogP) is 5.47. The summed E-state index contributed by atoms with van der Waals surface area (Å²) in [5.74, 6) is -0.409. The van der Waals surface area contributed by atoms with E-state index in [9.17, 15) is 14.3 Å². The highest BCUT2D eigenvalue weighted by Gasteiger charge is 2.16. The number of hydrogen-bond acceptors (Lipinski definition) is 8. The third-order valence-electron chi connectivity index (χ3n) is 4.54. The summed E-state index contributed by atoms with van der Waals surface area (Å²) in [7, 11) is 0. The van der Waals surface area contributed by atoms with Crippen molar-refractivity contribution < 1.29 is 14.3 Å². The lowest BCUT2D eigenvalue weighted by Gasteiger charge is -2.07. The molecule has 0 bridgehead atoms. The molecule has 0 unspecified atom stereocenters. The number of aliphatic hydroxyl groups excluding tert-OH is 1. The fraction of sp³-hybridized carbons (Fsp3) is 0.182. The van der Waals surface area contributed by atoms with Crippen LogP contribution >= 0.6 is 22.7 Å². The maximum absolute atomic E-state index is 14.0. The molecule has 10 heteroatoms. The minimum absolute atomic E-state index is 0.121. The summed E-state index contributed by atoms with van der Waals surface area (Å²) >= 11 is 2.83. The van der Waals surface area contributed by atoms with Gasteiger partial charge in [-0.2, -0.15) is 0 Å². The van der Waals surface area contributed by atoms with Crippen LogP contribution in [0.25, 0.3) is 10.6 Å². The molecule has 0 aliphatic carbocycles. The number of nitrogens with zero attached hydrogens (tertiary/aromatic N) is 3. The van der Waals surface area contributed by atoms with Crippen LogP contribution in [0.5, 0.6) is 0 Å². The second kappa shape index (κ2) is 9.11. The molecule has 0 aliphatic heterocycles. The molecule has 3 aromatic heterocycles. The Morgan fingerprint density at radius 1 is 1.19 bits per heavy atom. The minimum atomic E-state index is -0.619. The first-order valence-electron chi connectivity index (χ1n) is 9.72. The third kappa shape index (κ3) is 4.82. The van der Waals surface area contributed by atoms with E-state index in [0.717, 1.165) is 21.8 Å². The highest BCUT2D eigenvalue weighted by atomic mass is 32.1. The van der Waals surface area contributed by atoms with Gasteiger partial charge < -0.3 is 15.7 Å². The van der Waals surface area contributed by atoms with E-state index in [1.54, 1.807) is 32.0 Å². The molecule has 3 heterocycles. The van der Waals surface area contributed by atoms with E-state index < -0.39 is 17.8 Å². The molecule has 0 saturated carbocycles. The van der Waals surface area contributed by atoms with Gasteiger partial charge >= 0.3 is 0 Å². The van der Waals surface area contributed by atoms with Crippen molar-refractivity contribution in [3.05, 3.63) is 69.6 Å². The second-order valence-corrected chi connectivity index (χ2v) is 9.06. The molecule has 7 nitrogen and oxygen atoms in total. The Labute approximate surface area is 192 Å². The summed E-state index contributed by atoms with van der Waals surface area (Å²) in [6, 6.07) is 7.88. The van der Waals surface area contributed by atoms with Gasteiger partial charge in [0.15, 0.2) is 5.13 Å². The van der Waals surface area contributed by atoms with Crippen molar-refractivity contribution >= 4 is 45.2 Å². The van der Waals surface area contributed by atoms with Crippen LogP contribution in [0.4, 0.5) is 21.0 Å². The number of nitrogens with one attached hydrogen (secondary N) is 2. The summed E-state index contributed by atoms with van der Waals surface area (Å²) in [5.41, 5.74) is 2.80. The SMILES string of the molecule is Cc1ccc(NC(=O)c2ccc(Nc3nc(-c4sc([C@H](C)O)nc4C)cs3)nc2)c(F)c1. The van der Waals surface area contributed by atoms with Crippen molar-refractivity contribution in [1.82, 2.24) is 15.0 Å². The van der Waals surface area contributed by atoms with Crippen LogP contribution in [0, 0.1) is 19.7 Å². The van der Waals surface area contributed by atoms with E-state index in [0.29, 0.717) is 21.5 Å². The maximum atomic E-state index is 14.0. The number of aliphatic hydroxyl groups is 1. The van der Waals surface area contributed by atoms with Crippen molar-refractivity contribution in [1.29, 1.82) is 0 Å². The lowest BCUT2D eigenvalue weighted by molar-refractivity contribution is 0.102. The first-order chi connectivity index (χ1) is 15.3. The van der Waals surface area contributed by atoms with Gasteiger partial charge in [-0.05, 0) is 50.6 Å². The first kappa shape index (κ1) is 22.0. The monoisotopic (exact) mass is 469 g/mol. The van der Waals surface area contributed by atoms with Gasteiger partial charge in [-0.25, -0.2) is 19.3 Å². The molecular formula is C22H20FN5O2S2. The fourth-order valence-corrected chi connectivity index (χ4v) is 4.64. The van der Waals surface area contributed by atoms with Gasteiger partial charge in [0.1, 0.15) is 22.7 Å². The number of anilines is 3. The van der Waals surface area contributed by atoms with Crippen LogP contribution in [-0.2, 0) is 0 Å². The zero-order valence-corrected chi connectivity index (χ0v) is 19.1. The predicted molar refractivity (Wildman–Crippen MR) is 125 cm³/mol. The van der Waals surface area contributed by atoms with Gasteiger partial charge in [0.05, 0.1) is 27.5 Å². The van der Waals surface area contributed by atoms with E-state index in [2.05, 4.69) is 25.6 Å². The number of aromatic nitrogens is 3. The van der Waals surface area contributed by atoms with E-state index >= 15 is 0 Å². The molecule has 0 saturated heterocycles. The molecule has 32 heavy (non-hydrogen) atoms.